The molecule has 3 rings (SSSR count). The normalized spacial score (nSPS) is 10.8. The molecule has 3 aromatic rings. The number of rotatable bonds is 1. The molecule has 0 saturated carbocycles. The Labute approximate surface area is 107 Å². The first-order valence-electron chi connectivity index (χ1n) is 5.67. The van der Waals surface area contributed by atoms with Gasteiger partial charge in [0, 0.05) is 12.6 Å². The monoisotopic (exact) mass is 254 g/mol. The summed E-state index contributed by atoms with van der Waals surface area (Å²) in [5.74, 6) is 0.261. The molecule has 0 aliphatic rings. The van der Waals surface area contributed by atoms with E-state index in [1.54, 1.807) is 29.8 Å². The first-order valence-corrected chi connectivity index (χ1v) is 5.67. The van der Waals surface area contributed by atoms with Gasteiger partial charge in [0.1, 0.15) is 23.3 Å². The molecule has 6 nitrogen and oxygen atoms in total. The number of aromatic amines is 1. The van der Waals surface area contributed by atoms with Crippen molar-refractivity contribution in [1.29, 1.82) is 5.26 Å². The van der Waals surface area contributed by atoms with Crippen molar-refractivity contribution in [2.24, 2.45) is 7.05 Å². The highest BCUT2D eigenvalue weighted by Crippen LogP contribution is 2.25. The van der Waals surface area contributed by atoms with E-state index in [2.05, 4.69) is 16.0 Å². The van der Waals surface area contributed by atoms with Crippen molar-refractivity contribution in [2.75, 3.05) is 0 Å². The molecule has 6 heteroatoms. The van der Waals surface area contributed by atoms with Gasteiger partial charge in [0.25, 0.3) is 0 Å². The number of fused-ring (bicyclic) bond motifs is 1. The van der Waals surface area contributed by atoms with Gasteiger partial charge >= 0.3 is 5.76 Å². The third-order valence-electron chi connectivity index (χ3n) is 3.12. The molecule has 0 saturated heterocycles. The zero-order valence-corrected chi connectivity index (χ0v) is 10.4. The van der Waals surface area contributed by atoms with E-state index in [-0.39, 0.29) is 0 Å². The van der Waals surface area contributed by atoms with Crippen LogP contribution >= 0.6 is 0 Å². The number of oxazole rings is 1. The fraction of sp³-hybridized carbons (Fsp3) is 0.154. The van der Waals surface area contributed by atoms with Gasteiger partial charge in [0.2, 0.25) is 0 Å². The summed E-state index contributed by atoms with van der Waals surface area (Å²) in [7, 11) is 1.79. The van der Waals surface area contributed by atoms with E-state index in [0.29, 0.717) is 22.5 Å². The predicted octanol–water partition coefficient (Wildman–Crippen LogP) is 1.70. The van der Waals surface area contributed by atoms with Crippen LogP contribution in [0.2, 0.25) is 0 Å². The highest BCUT2D eigenvalue weighted by atomic mass is 16.4. The molecule has 94 valence electrons. The highest BCUT2D eigenvalue weighted by molar-refractivity contribution is 5.80. The lowest BCUT2D eigenvalue weighted by atomic mass is 10.1. The Kier molecular flexibility index (Phi) is 2.29. The number of H-pyrrole nitrogens is 1. The van der Waals surface area contributed by atoms with Crippen LogP contribution in [0.3, 0.4) is 0 Å². The molecule has 0 aliphatic carbocycles. The number of nitrogens with zero attached hydrogens (tertiary/aromatic N) is 3. The number of aromatic nitrogens is 3. The van der Waals surface area contributed by atoms with Gasteiger partial charge in [-0.3, -0.25) is 4.98 Å². The van der Waals surface area contributed by atoms with E-state index in [4.69, 9.17) is 4.42 Å². The standard InChI is InChI=1S/C13H10N4O2/c1-7-15-12(10(6-14)17(7)2)8-3-4-11-9(5-8)16-13(18)19-11/h3-5H,1-2H3,(H,16,18). The van der Waals surface area contributed by atoms with Gasteiger partial charge in [-0.1, -0.05) is 0 Å². The van der Waals surface area contributed by atoms with Crippen molar-refractivity contribution in [2.45, 2.75) is 6.92 Å². The summed E-state index contributed by atoms with van der Waals surface area (Å²) in [5, 5.41) is 9.20. The topological polar surface area (TPSA) is 87.6 Å². The van der Waals surface area contributed by atoms with Gasteiger partial charge in [0.05, 0.1) is 5.52 Å². The molecule has 2 heterocycles. The minimum Gasteiger partial charge on any atom is -0.408 e. The Morgan fingerprint density at radius 2 is 2.26 bits per heavy atom. The molecule has 1 N–H and O–H groups in total. The number of nitrogens with one attached hydrogen (secondary N) is 1. The maximum absolute atomic E-state index is 11.1. The quantitative estimate of drug-likeness (QED) is 0.715. The molecule has 1 aromatic carbocycles. The van der Waals surface area contributed by atoms with Gasteiger partial charge < -0.3 is 8.98 Å². The van der Waals surface area contributed by atoms with E-state index >= 15 is 0 Å². The predicted molar refractivity (Wildman–Crippen MR) is 68.5 cm³/mol. The first-order chi connectivity index (χ1) is 9.10. The number of nitriles is 1. The molecule has 0 unspecified atom stereocenters. The Morgan fingerprint density at radius 3 is 3.00 bits per heavy atom. The van der Waals surface area contributed by atoms with Gasteiger partial charge in [-0.2, -0.15) is 5.26 Å². The van der Waals surface area contributed by atoms with E-state index in [1.807, 2.05) is 6.92 Å². The average molecular weight is 254 g/mol. The van der Waals surface area contributed by atoms with Crippen molar-refractivity contribution in [3.05, 3.63) is 40.3 Å². The molecular weight excluding hydrogens is 244 g/mol. The first kappa shape index (κ1) is 11.3. The molecule has 0 bridgehead atoms. The van der Waals surface area contributed by atoms with Crippen molar-refractivity contribution < 1.29 is 4.42 Å². The number of hydrogen-bond donors (Lipinski definition) is 1. The highest BCUT2D eigenvalue weighted by Gasteiger charge is 2.14. The van der Waals surface area contributed by atoms with E-state index < -0.39 is 5.76 Å². The Balaban J connectivity index is 2.27. The van der Waals surface area contributed by atoms with Gasteiger partial charge in [-0.15, -0.1) is 0 Å². The van der Waals surface area contributed by atoms with Crippen molar-refractivity contribution >= 4 is 11.1 Å². The van der Waals surface area contributed by atoms with E-state index in [0.717, 1.165) is 11.4 Å². The fourth-order valence-corrected chi connectivity index (χ4v) is 2.04. The number of hydrogen-bond acceptors (Lipinski definition) is 4. The number of imidazole rings is 1. The molecule has 0 aliphatic heterocycles. The van der Waals surface area contributed by atoms with E-state index in [9.17, 15) is 10.1 Å². The SMILES string of the molecule is Cc1nc(-c2ccc3oc(=O)[nH]c3c2)c(C#N)n1C. The van der Waals surface area contributed by atoms with Crippen LogP contribution in [0, 0.1) is 18.3 Å². The second-order valence-electron chi connectivity index (χ2n) is 4.25. The summed E-state index contributed by atoms with van der Waals surface area (Å²) in [6.45, 7) is 1.84. The van der Waals surface area contributed by atoms with Crippen LogP contribution in [0.25, 0.3) is 22.4 Å². The van der Waals surface area contributed by atoms with Crippen molar-refractivity contribution in [3.8, 4) is 17.3 Å². The van der Waals surface area contributed by atoms with Crippen LogP contribution in [0.5, 0.6) is 0 Å². The zero-order chi connectivity index (χ0) is 13.6. The van der Waals surface area contributed by atoms with Crippen LogP contribution in [0.4, 0.5) is 0 Å². The molecule has 2 aromatic heterocycles. The van der Waals surface area contributed by atoms with E-state index in [1.165, 1.54) is 0 Å². The summed E-state index contributed by atoms with van der Waals surface area (Å²) in [5.41, 5.74) is 2.94. The van der Waals surface area contributed by atoms with Crippen LogP contribution in [-0.2, 0) is 7.05 Å². The van der Waals surface area contributed by atoms with Crippen LogP contribution in [-0.4, -0.2) is 14.5 Å². The summed E-state index contributed by atoms with van der Waals surface area (Å²) in [4.78, 5) is 18.1. The molecule has 0 amide bonds. The number of aryl methyl sites for hydroxylation is 1. The van der Waals surface area contributed by atoms with Crippen molar-refractivity contribution in [1.82, 2.24) is 14.5 Å². The molecule has 0 fully saturated rings. The Hall–Kier alpha value is -2.81. The Bertz CT molecular complexity index is 876. The lowest BCUT2D eigenvalue weighted by Crippen LogP contribution is -1.94. The lowest BCUT2D eigenvalue weighted by molar-refractivity contribution is 0.555. The van der Waals surface area contributed by atoms with Crippen LogP contribution in [0.1, 0.15) is 11.5 Å². The van der Waals surface area contributed by atoms with Gasteiger partial charge in [-0.25, -0.2) is 9.78 Å². The summed E-state index contributed by atoms with van der Waals surface area (Å²) in [6, 6.07) is 7.36. The Morgan fingerprint density at radius 1 is 1.47 bits per heavy atom. The lowest BCUT2D eigenvalue weighted by Gasteiger charge is -1.98. The molecular formula is C13H10N4O2. The van der Waals surface area contributed by atoms with Crippen molar-refractivity contribution in [3.63, 3.8) is 0 Å². The average Bonchev–Trinajstić information content (AvgIpc) is 2.89. The van der Waals surface area contributed by atoms with Gasteiger partial charge in [0.15, 0.2) is 5.58 Å². The third kappa shape index (κ3) is 1.64. The third-order valence-corrected chi connectivity index (χ3v) is 3.12. The summed E-state index contributed by atoms with van der Waals surface area (Å²) in [6.07, 6.45) is 0. The zero-order valence-electron chi connectivity index (χ0n) is 10.4. The molecule has 0 atom stereocenters. The smallest absolute Gasteiger partial charge is 0.408 e. The van der Waals surface area contributed by atoms with Crippen LogP contribution < -0.4 is 5.76 Å². The second kappa shape index (κ2) is 3.85. The minimum atomic E-state index is -0.496. The molecule has 0 spiro atoms. The summed E-state index contributed by atoms with van der Waals surface area (Å²) >= 11 is 0. The molecule has 0 radical (unpaired) electrons. The largest absolute Gasteiger partial charge is 0.417 e. The number of benzene rings is 1. The second-order valence-corrected chi connectivity index (χ2v) is 4.25. The molecule has 19 heavy (non-hydrogen) atoms. The van der Waals surface area contributed by atoms with Gasteiger partial charge in [-0.05, 0) is 25.1 Å². The maximum Gasteiger partial charge on any atom is 0.417 e. The summed E-state index contributed by atoms with van der Waals surface area (Å²) < 4.78 is 6.68. The maximum atomic E-state index is 11.1. The minimum absolute atomic E-state index is 0.486. The van der Waals surface area contributed by atoms with Crippen LogP contribution in [0.15, 0.2) is 27.4 Å². The fourth-order valence-electron chi connectivity index (χ4n) is 2.04.